The van der Waals surface area contributed by atoms with Gasteiger partial charge in [-0.1, -0.05) is 12.8 Å². The Morgan fingerprint density at radius 2 is 1.50 bits per heavy atom. The molecule has 1 heterocycles. The molecular formula is C16H24Cl2F2N2. The van der Waals surface area contributed by atoms with Crippen molar-refractivity contribution in [2.24, 2.45) is 5.92 Å². The summed E-state index contributed by atoms with van der Waals surface area (Å²) in [6.45, 7) is 3.83. The minimum absolute atomic E-state index is 0. The van der Waals surface area contributed by atoms with Gasteiger partial charge < -0.3 is 5.32 Å². The largest absolute Gasteiger partial charge is 0.314 e. The van der Waals surface area contributed by atoms with Crippen LogP contribution in [0.15, 0.2) is 18.2 Å². The fourth-order valence-electron chi connectivity index (χ4n) is 3.76. The van der Waals surface area contributed by atoms with Gasteiger partial charge in [0.05, 0.1) is 0 Å². The van der Waals surface area contributed by atoms with Gasteiger partial charge in [-0.15, -0.1) is 24.8 Å². The summed E-state index contributed by atoms with van der Waals surface area (Å²) in [5.74, 6) is -0.384. The van der Waals surface area contributed by atoms with Crippen molar-refractivity contribution >= 4 is 24.8 Å². The lowest BCUT2D eigenvalue weighted by atomic mass is 9.89. The highest BCUT2D eigenvalue weighted by molar-refractivity contribution is 5.85. The van der Waals surface area contributed by atoms with Gasteiger partial charge in [0.15, 0.2) is 0 Å². The maximum absolute atomic E-state index is 13.6. The summed E-state index contributed by atoms with van der Waals surface area (Å²) in [4.78, 5) is 2.40. The summed E-state index contributed by atoms with van der Waals surface area (Å²) >= 11 is 0. The molecule has 3 rings (SSSR count). The number of hydrogen-bond donors (Lipinski definition) is 1. The molecule has 6 heteroatoms. The molecule has 1 atom stereocenters. The Morgan fingerprint density at radius 1 is 0.955 bits per heavy atom. The van der Waals surface area contributed by atoms with Crippen molar-refractivity contribution < 1.29 is 8.78 Å². The highest BCUT2D eigenvalue weighted by Crippen LogP contribution is 2.40. The number of rotatable bonds is 3. The van der Waals surface area contributed by atoms with E-state index in [0.717, 1.165) is 37.8 Å². The van der Waals surface area contributed by atoms with Crippen molar-refractivity contribution in [3.05, 3.63) is 35.4 Å². The van der Waals surface area contributed by atoms with Crippen molar-refractivity contribution in [2.45, 2.75) is 31.7 Å². The molecule has 0 bridgehead atoms. The average Bonchev–Trinajstić information content (AvgIpc) is 2.93. The molecule has 2 fully saturated rings. The molecule has 1 saturated carbocycles. The molecule has 2 nitrogen and oxygen atoms in total. The zero-order chi connectivity index (χ0) is 13.9. The maximum atomic E-state index is 13.6. The highest BCUT2D eigenvalue weighted by atomic mass is 35.5. The predicted molar refractivity (Wildman–Crippen MR) is 90.0 cm³/mol. The number of benzene rings is 1. The topological polar surface area (TPSA) is 15.3 Å². The summed E-state index contributed by atoms with van der Waals surface area (Å²) in [6.07, 6.45) is 4.83. The van der Waals surface area contributed by atoms with Crippen LogP contribution in [0.25, 0.3) is 0 Å². The van der Waals surface area contributed by atoms with E-state index in [1.807, 2.05) is 0 Å². The summed E-state index contributed by atoms with van der Waals surface area (Å²) in [5.41, 5.74) is 0.816. The third-order valence-electron chi connectivity index (χ3n) is 4.62. The van der Waals surface area contributed by atoms with E-state index < -0.39 is 11.6 Å². The van der Waals surface area contributed by atoms with E-state index in [2.05, 4.69) is 10.2 Å². The van der Waals surface area contributed by atoms with Gasteiger partial charge in [-0.05, 0) is 36.5 Å². The van der Waals surface area contributed by atoms with Crippen molar-refractivity contribution in [1.29, 1.82) is 0 Å². The van der Waals surface area contributed by atoms with Crippen LogP contribution in [0.4, 0.5) is 8.78 Å². The van der Waals surface area contributed by atoms with Crippen LogP contribution in [-0.4, -0.2) is 31.1 Å². The fraction of sp³-hybridized carbons (Fsp3) is 0.625. The van der Waals surface area contributed by atoms with E-state index in [4.69, 9.17) is 0 Å². The van der Waals surface area contributed by atoms with Crippen LogP contribution in [0.5, 0.6) is 0 Å². The third kappa shape index (κ3) is 4.54. The molecular weight excluding hydrogens is 329 g/mol. The smallest absolute Gasteiger partial charge is 0.126 e. The van der Waals surface area contributed by atoms with Crippen molar-refractivity contribution in [3.63, 3.8) is 0 Å². The van der Waals surface area contributed by atoms with E-state index in [-0.39, 0.29) is 30.9 Å². The second-order valence-electron chi connectivity index (χ2n) is 5.98. The lowest BCUT2D eigenvalue weighted by Gasteiger charge is -2.38. The Balaban J connectivity index is 0.00000121. The molecule has 1 N–H and O–H groups in total. The first-order valence-electron chi connectivity index (χ1n) is 7.65. The van der Waals surface area contributed by atoms with Crippen molar-refractivity contribution in [2.75, 3.05) is 26.2 Å². The van der Waals surface area contributed by atoms with E-state index in [1.165, 1.54) is 37.8 Å². The Morgan fingerprint density at radius 3 is 2.05 bits per heavy atom. The predicted octanol–water partition coefficient (Wildman–Crippen LogP) is 3.94. The molecule has 0 spiro atoms. The first-order chi connectivity index (χ1) is 9.74. The molecule has 22 heavy (non-hydrogen) atoms. The standard InChI is InChI=1S/C16H22F2N2.2ClH/c17-14-9-13(10-15(18)11-14)16(12-3-1-2-4-12)20-7-5-19-6-8-20;;/h9-12,16,19H,1-8H2;2*1H/t16-;;/m0../s1. The van der Waals surface area contributed by atoms with Gasteiger partial charge in [0, 0.05) is 38.3 Å². The summed E-state index contributed by atoms with van der Waals surface area (Å²) in [6, 6.07) is 4.18. The van der Waals surface area contributed by atoms with E-state index in [1.54, 1.807) is 0 Å². The quantitative estimate of drug-likeness (QED) is 0.885. The summed E-state index contributed by atoms with van der Waals surface area (Å²) < 4.78 is 27.1. The van der Waals surface area contributed by atoms with Crippen LogP contribution >= 0.6 is 24.8 Å². The third-order valence-corrected chi connectivity index (χ3v) is 4.62. The lowest BCUT2D eigenvalue weighted by molar-refractivity contribution is 0.125. The Hall–Kier alpha value is -0.420. The number of nitrogens with one attached hydrogen (secondary N) is 1. The molecule has 1 aliphatic heterocycles. The molecule has 0 aromatic heterocycles. The molecule has 0 amide bonds. The van der Waals surface area contributed by atoms with Crippen LogP contribution in [-0.2, 0) is 0 Å². The average molecular weight is 353 g/mol. The van der Waals surface area contributed by atoms with Crippen LogP contribution < -0.4 is 5.32 Å². The van der Waals surface area contributed by atoms with Gasteiger partial charge in [-0.3, -0.25) is 4.90 Å². The van der Waals surface area contributed by atoms with Crippen LogP contribution in [0.3, 0.4) is 0 Å². The second-order valence-corrected chi connectivity index (χ2v) is 5.98. The van der Waals surface area contributed by atoms with Crippen molar-refractivity contribution in [3.8, 4) is 0 Å². The number of nitrogens with zero attached hydrogens (tertiary/aromatic N) is 1. The lowest BCUT2D eigenvalue weighted by Crippen LogP contribution is -2.46. The first-order valence-corrected chi connectivity index (χ1v) is 7.65. The normalized spacial score (nSPS) is 21.0. The SMILES string of the molecule is Cl.Cl.Fc1cc(F)cc([C@H](C2CCCC2)N2CCNCC2)c1. The monoisotopic (exact) mass is 352 g/mol. The molecule has 1 aromatic rings. The molecule has 1 aliphatic carbocycles. The van der Waals surface area contributed by atoms with E-state index in [9.17, 15) is 8.78 Å². The van der Waals surface area contributed by atoms with E-state index >= 15 is 0 Å². The maximum Gasteiger partial charge on any atom is 0.126 e. The molecule has 1 saturated heterocycles. The number of piperazine rings is 1. The Kier molecular flexibility index (Phi) is 8.04. The number of hydrogen-bond acceptors (Lipinski definition) is 2. The molecule has 0 radical (unpaired) electrons. The van der Waals surface area contributed by atoms with Gasteiger partial charge in [0.2, 0.25) is 0 Å². The zero-order valence-corrected chi connectivity index (χ0v) is 14.2. The van der Waals surface area contributed by atoms with Gasteiger partial charge in [0.1, 0.15) is 11.6 Å². The molecule has 1 aromatic carbocycles. The fourth-order valence-corrected chi connectivity index (χ4v) is 3.76. The summed E-state index contributed by atoms with van der Waals surface area (Å²) in [7, 11) is 0. The molecule has 2 aliphatic rings. The van der Waals surface area contributed by atoms with Gasteiger partial charge in [-0.2, -0.15) is 0 Å². The van der Waals surface area contributed by atoms with Gasteiger partial charge in [-0.25, -0.2) is 8.78 Å². The Bertz CT molecular complexity index is 441. The van der Waals surface area contributed by atoms with Gasteiger partial charge >= 0.3 is 0 Å². The second kappa shape index (κ2) is 9.02. The summed E-state index contributed by atoms with van der Waals surface area (Å²) in [5, 5.41) is 3.34. The van der Waals surface area contributed by atoms with Crippen LogP contribution in [0.1, 0.15) is 37.3 Å². The van der Waals surface area contributed by atoms with Crippen LogP contribution in [0, 0.1) is 17.6 Å². The van der Waals surface area contributed by atoms with Crippen LogP contribution in [0.2, 0.25) is 0 Å². The van der Waals surface area contributed by atoms with Crippen molar-refractivity contribution in [1.82, 2.24) is 10.2 Å². The highest BCUT2D eigenvalue weighted by Gasteiger charge is 2.32. The van der Waals surface area contributed by atoms with E-state index in [0.29, 0.717) is 5.92 Å². The van der Waals surface area contributed by atoms with Gasteiger partial charge in [0.25, 0.3) is 0 Å². The minimum Gasteiger partial charge on any atom is -0.314 e. The molecule has 0 unspecified atom stereocenters. The minimum atomic E-state index is -0.460. The first kappa shape index (κ1) is 19.6. The molecule has 126 valence electrons. The Labute approximate surface area is 143 Å². The number of halogens is 4. The zero-order valence-electron chi connectivity index (χ0n) is 12.6.